The molecule has 0 saturated heterocycles. The summed E-state index contributed by atoms with van der Waals surface area (Å²) >= 11 is 0. The predicted molar refractivity (Wildman–Crippen MR) is 59.7 cm³/mol. The van der Waals surface area contributed by atoms with Crippen molar-refractivity contribution in [1.29, 1.82) is 0 Å². The van der Waals surface area contributed by atoms with Gasteiger partial charge in [-0.25, -0.2) is 4.79 Å². The molecule has 0 aromatic carbocycles. The molecule has 0 spiro atoms. The highest BCUT2D eigenvalue weighted by atomic mass is 28.4. The fourth-order valence-corrected chi connectivity index (χ4v) is 3.53. The molecule has 1 unspecified atom stereocenters. The highest BCUT2D eigenvalue weighted by Gasteiger charge is 2.26. The molecule has 0 aromatic heterocycles. The normalized spacial score (nSPS) is 14.5. The van der Waals surface area contributed by atoms with Crippen molar-refractivity contribution in [3.05, 3.63) is 12.7 Å². The summed E-state index contributed by atoms with van der Waals surface area (Å²) in [5.41, 5.74) is 0. The number of carbonyl (C=O) groups is 1. The van der Waals surface area contributed by atoms with Crippen LogP contribution in [0.3, 0.4) is 0 Å². The van der Waals surface area contributed by atoms with Crippen molar-refractivity contribution in [3.8, 4) is 0 Å². The van der Waals surface area contributed by atoms with Crippen LogP contribution in [0.15, 0.2) is 12.7 Å². The van der Waals surface area contributed by atoms with Crippen LogP contribution in [0.4, 0.5) is 0 Å². The second-order valence-corrected chi connectivity index (χ2v) is 7.83. The zero-order chi connectivity index (χ0) is 11.0. The number of rotatable bonds is 7. The molecule has 0 aromatic rings. The van der Waals surface area contributed by atoms with Gasteiger partial charge < -0.3 is 9.16 Å². The zero-order valence-corrected chi connectivity index (χ0v) is 10.3. The van der Waals surface area contributed by atoms with Gasteiger partial charge in [-0.1, -0.05) is 19.9 Å². The fraction of sp³-hybridized carbons (Fsp3) is 0.700. The molecule has 0 fully saturated rings. The van der Waals surface area contributed by atoms with Crippen molar-refractivity contribution in [2.24, 2.45) is 0 Å². The number of hydrogen-bond acceptors (Lipinski definition) is 3. The third kappa shape index (κ3) is 5.19. The van der Waals surface area contributed by atoms with Crippen molar-refractivity contribution in [1.82, 2.24) is 0 Å². The van der Waals surface area contributed by atoms with E-state index in [-0.39, 0.29) is 5.97 Å². The van der Waals surface area contributed by atoms with Crippen LogP contribution in [0.25, 0.3) is 0 Å². The molecule has 0 amide bonds. The van der Waals surface area contributed by atoms with Crippen molar-refractivity contribution < 1.29 is 14.0 Å². The fourth-order valence-electron chi connectivity index (χ4n) is 1.28. The van der Waals surface area contributed by atoms with Gasteiger partial charge in [0.2, 0.25) is 0 Å². The highest BCUT2D eigenvalue weighted by Crippen LogP contribution is 2.18. The molecule has 0 radical (unpaired) electrons. The number of ether oxygens (including phenoxy) is 1. The van der Waals surface area contributed by atoms with Crippen molar-refractivity contribution in [2.75, 3.05) is 13.7 Å². The number of hydrogen-bond donors (Lipinski definition) is 0. The van der Waals surface area contributed by atoms with Gasteiger partial charge >= 0.3 is 5.97 Å². The Morgan fingerprint density at radius 3 is 2.57 bits per heavy atom. The lowest BCUT2D eigenvalue weighted by Crippen LogP contribution is -2.34. The van der Waals surface area contributed by atoms with Crippen LogP contribution in [-0.4, -0.2) is 28.0 Å². The molecule has 4 heteroatoms. The molecule has 3 nitrogen and oxygen atoms in total. The Balaban J connectivity index is 3.82. The Kier molecular flexibility index (Phi) is 6.49. The minimum Gasteiger partial charge on any atom is -0.463 e. The Morgan fingerprint density at radius 2 is 2.14 bits per heavy atom. The molecule has 0 aliphatic rings. The third-order valence-electron chi connectivity index (χ3n) is 2.31. The lowest BCUT2D eigenvalue weighted by Gasteiger charge is -2.24. The molecule has 0 bridgehead atoms. The Labute approximate surface area is 87.2 Å². The first-order valence-electron chi connectivity index (χ1n) is 4.92. The zero-order valence-electron chi connectivity index (χ0n) is 9.34. The van der Waals surface area contributed by atoms with E-state index in [1.54, 1.807) is 7.11 Å². The topological polar surface area (TPSA) is 35.5 Å². The molecular weight excluding hydrogens is 196 g/mol. The van der Waals surface area contributed by atoms with Crippen molar-refractivity contribution in [2.45, 2.75) is 32.0 Å². The summed E-state index contributed by atoms with van der Waals surface area (Å²) in [5.74, 6) is -0.353. The van der Waals surface area contributed by atoms with Crippen LogP contribution in [0.5, 0.6) is 0 Å². The van der Waals surface area contributed by atoms with Crippen LogP contribution < -0.4 is 0 Å². The first-order valence-corrected chi connectivity index (χ1v) is 7.74. The molecule has 0 N–H and O–H groups in total. The molecule has 0 saturated carbocycles. The maximum Gasteiger partial charge on any atom is 0.330 e. The first-order chi connectivity index (χ1) is 6.58. The maximum atomic E-state index is 10.8. The standard InChI is InChI=1S/C10H20O3Si/c1-5-8-14(4,12-3)9-7-13-10(11)6-2/h6H,2,5,7-9H2,1,3-4H3. The van der Waals surface area contributed by atoms with Gasteiger partial charge in [-0.3, -0.25) is 0 Å². The molecule has 0 rings (SSSR count). The van der Waals surface area contributed by atoms with E-state index >= 15 is 0 Å². The summed E-state index contributed by atoms with van der Waals surface area (Å²) in [5, 5.41) is 0. The Morgan fingerprint density at radius 1 is 1.50 bits per heavy atom. The Hall–Kier alpha value is -0.613. The molecular formula is C10H20O3Si. The van der Waals surface area contributed by atoms with Gasteiger partial charge in [0, 0.05) is 19.2 Å². The molecule has 0 aliphatic heterocycles. The van der Waals surface area contributed by atoms with Crippen LogP contribution in [0.2, 0.25) is 18.6 Å². The van der Waals surface area contributed by atoms with Crippen LogP contribution >= 0.6 is 0 Å². The van der Waals surface area contributed by atoms with E-state index in [0.29, 0.717) is 6.61 Å². The molecule has 0 heterocycles. The minimum atomic E-state index is -1.61. The van der Waals surface area contributed by atoms with Gasteiger partial charge in [0.15, 0.2) is 8.32 Å². The third-order valence-corrected chi connectivity index (χ3v) is 6.12. The largest absolute Gasteiger partial charge is 0.463 e. The molecule has 1 atom stereocenters. The lowest BCUT2D eigenvalue weighted by molar-refractivity contribution is -0.137. The van der Waals surface area contributed by atoms with E-state index in [4.69, 9.17) is 9.16 Å². The van der Waals surface area contributed by atoms with Crippen LogP contribution in [0.1, 0.15) is 13.3 Å². The molecule has 82 valence electrons. The molecule has 14 heavy (non-hydrogen) atoms. The Bertz CT molecular complexity index is 194. The second kappa shape index (κ2) is 6.78. The number of carbonyl (C=O) groups excluding carboxylic acids is 1. The summed E-state index contributed by atoms with van der Waals surface area (Å²) in [4.78, 5) is 10.8. The van der Waals surface area contributed by atoms with E-state index in [0.717, 1.165) is 18.5 Å². The minimum absolute atomic E-state index is 0.353. The van der Waals surface area contributed by atoms with Crippen LogP contribution in [-0.2, 0) is 14.0 Å². The van der Waals surface area contributed by atoms with Gasteiger partial charge in [0.05, 0.1) is 6.61 Å². The van der Waals surface area contributed by atoms with E-state index in [2.05, 4.69) is 20.0 Å². The molecule has 0 aliphatic carbocycles. The van der Waals surface area contributed by atoms with Crippen molar-refractivity contribution in [3.63, 3.8) is 0 Å². The van der Waals surface area contributed by atoms with Gasteiger partial charge in [0.1, 0.15) is 0 Å². The van der Waals surface area contributed by atoms with Gasteiger partial charge in [-0.15, -0.1) is 0 Å². The lowest BCUT2D eigenvalue weighted by atomic mass is 10.6. The predicted octanol–water partition coefficient (Wildman–Crippen LogP) is 2.35. The highest BCUT2D eigenvalue weighted by molar-refractivity contribution is 6.72. The summed E-state index contributed by atoms with van der Waals surface area (Å²) in [6.45, 7) is 8.09. The smallest absolute Gasteiger partial charge is 0.330 e. The van der Waals surface area contributed by atoms with Gasteiger partial charge in [-0.05, 0) is 12.6 Å². The van der Waals surface area contributed by atoms with Crippen molar-refractivity contribution >= 4 is 14.3 Å². The maximum absolute atomic E-state index is 10.8. The summed E-state index contributed by atoms with van der Waals surface area (Å²) in [7, 11) is 0.133. The summed E-state index contributed by atoms with van der Waals surface area (Å²) in [6, 6.07) is 1.96. The van der Waals surface area contributed by atoms with E-state index in [1.807, 2.05) is 0 Å². The van der Waals surface area contributed by atoms with E-state index < -0.39 is 8.32 Å². The number of esters is 1. The summed E-state index contributed by atoms with van der Waals surface area (Å²) in [6.07, 6.45) is 2.30. The van der Waals surface area contributed by atoms with E-state index in [1.165, 1.54) is 6.08 Å². The SMILES string of the molecule is C=CC(=O)OCC[Si](C)(CCC)OC. The van der Waals surface area contributed by atoms with Crippen LogP contribution in [0, 0.1) is 0 Å². The quantitative estimate of drug-likeness (QED) is 0.372. The summed E-state index contributed by atoms with van der Waals surface area (Å²) < 4.78 is 10.4. The van der Waals surface area contributed by atoms with Gasteiger partial charge in [-0.2, -0.15) is 0 Å². The average molecular weight is 216 g/mol. The average Bonchev–Trinajstić information content (AvgIpc) is 2.18. The second-order valence-electron chi connectivity index (χ2n) is 3.53. The monoisotopic (exact) mass is 216 g/mol. The van der Waals surface area contributed by atoms with E-state index in [9.17, 15) is 4.79 Å². The first kappa shape index (κ1) is 13.4. The van der Waals surface area contributed by atoms with Gasteiger partial charge in [0.25, 0.3) is 0 Å².